The van der Waals surface area contributed by atoms with Gasteiger partial charge in [-0.1, -0.05) is 17.7 Å². The summed E-state index contributed by atoms with van der Waals surface area (Å²) >= 11 is 6.02. The van der Waals surface area contributed by atoms with Crippen molar-refractivity contribution in [3.63, 3.8) is 0 Å². The third-order valence-electron chi connectivity index (χ3n) is 4.84. The lowest BCUT2D eigenvalue weighted by Crippen LogP contribution is -2.58. The zero-order valence-corrected chi connectivity index (χ0v) is 15.6. The number of nitrogens with two attached hydrogens (primary N) is 1. The lowest BCUT2D eigenvalue weighted by Gasteiger charge is -2.48. The molecule has 2 aliphatic heterocycles. The molecule has 2 aromatic rings. The Kier molecular flexibility index (Phi) is 3.86. The number of pyridine rings is 1. The van der Waals surface area contributed by atoms with E-state index >= 15 is 8.78 Å². The molecule has 2 N–H and O–H groups in total. The van der Waals surface area contributed by atoms with E-state index in [1.807, 2.05) is 0 Å². The monoisotopic (exact) mass is 393 g/mol. The summed E-state index contributed by atoms with van der Waals surface area (Å²) in [7, 11) is 0. The van der Waals surface area contributed by atoms with E-state index < -0.39 is 23.7 Å². The Hall–Kier alpha value is -2.41. The number of hydrogen-bond donors (Lipinski definition) is 1. The number of halogens is 3. The van der Waals surface area contributed by atoms with Gasteiger partial charge in [0.2, 0.25) is 0 Å². The number of amidine groups is 1. The van der Waals surface area contributed by atoms with Gasteiger partial charge in [-0.2, -0.15) is 8.78 Å². The van der Waals surface area contributed by atoms with E-state index in [0.29, 0.717) is 21.9 Å². The smallest absolute Gasteiger partial charge is 0.310 e. The van der Waals surface area contributed by atoms with Gasteiger partial charge in [0.25, 0.3) is 6.02 Å². The van der Waals surface area contributed by atoms with Gasteiger partial charge in [0, 0.05) is 29.9 Å². The fraction of sp³-hybridized carbons (Fsp3) is 0.368. The summed E-state index contributed by atoms with van der Waals surface area (Å²) in [5.41, 5.74) is 4.65. The van der Waals surface area contributed by atoms with Crippen molar-refractivity contribution in [2.24, 2.45) is 10.7 Å². The fourth-order valence-corrected chi connectivity index (χ4v) is 3.92. The maximum Gasteiger partial charge on any atom is 0.310 e. The van der Waals surface area contributed by atoms with Gasteiger partial charge in [0.1, 0.15) is 11.4 Å². The average Bonchev–Trinajstić information content (AvgIpc) is 2.58. The van der Waals surface area contributed by atoms with E-state index in [9.17, 15) is 0 Å². The highest BCUT2D eigenvalue weighted by Crippen LogP contribution is 2.55. The number of alkyl halides is 2. The van der Waals surface area contributed by atoms with Crippen molar-refractivity contribution in [1.29, 1.82) is 0 Å². The van der Waals surface area contributed by atoms with E-state index in [0.717, 1.165) is 0 Å². The molecule has 0 bridgehead atoms. The van der Waals surface area contributed by atoms with Gasteiger partial charge in [-0.3, -0.25) is 4.98 Å². The van der Waals surface area contributed by atoms with Crippen molar-refractivity contribution < 1.29 is 18.3 Å². The number of hydrogen-bond acceptors (Lipinski definition) is 5. The van der Waals surface area contributed by atoms with Crippen LogP contribution in [0.25, 0.3) is 11.1 Å². The van der Waals surface area contributed by atoms with Crippen LogP contribution in [0.2, 0.25) is 5.02 Å². The third kappa shape index (κ3) is 2.90. The van der Waals surface area contributed by atoms with Gasteiger partial charge in [-0.25, -0.2) is 4.99 Å². The van der Waals surface area contributed by atoms with Crippen LogP contribution in [0.3, 0.4) is 0 Å². The first-order valence-corrected chi connectivity index (χ1v) is 8.80. The maximum absolute atomic E-state index is 15.2. The second-order valence-corrected chi connectivity index (χ2v) is 7.88. The van der Waals surface area contributed by atoms with Gasteiger partial charge in [-0.05, 0) is 37.6 Å². The standard InChI is InChI=1S/C19H18ClF2N3O2/c1-17(2)9-18(19(21,22)10-26-16(23)25-18)14-6-11(3-4-15(14)27-17)12-5-13(20)8-24-7-12/h3-8H,9-10H2,1-2H3,(H2,23,25)/t18-/m1/s1. The first-order valence-electron chi connectivity index (χ1n) is 8.42. The molecule has 1 atom stereocenters. The van der Waals surface area contributed by atoms with E-state index in [1.165, 1.54) is 6.20 Å². The fourth-order valence-electron chi connectivity index (χ4n) is 3.75. The summed E-state index contributed by atoms with van der Waals surface area (Å²) in [5, 5.41) is 0.455. The Bertz CT molecular complexity index is 948. The molecular weight excluding hydrogens is 376 g/mol. The second-order valence-electron chi connectivity index (χ2n) is 7.44. The summed E-state index contributed by atoms with van der Waals surface area (Å²) in [5.74, 6) is -2.90. The summed E-state index contributed by atoms with van der Waals surface area (Å²) in [6, 6.07) is 6.57. The van der Waals surface area contributed by atoms with Gasteiger partial charge in [0.05, 0.1) is 5.02 Å². The van der Waals surface area contributed by atoms with Crippen molar-refractivity contribution >= 4 is 17.6 Å². The van der Waals surface area contributed by atoms with Gasteiger partial charge < -0.3 is 15.2 Å². The Balaban J connectivity index is 1.96. The molecule has 3 heterocycles. The predicted molar refractivity (Wildman–Crippen MR) is 98.2 cm³/mol. The van der Waals surface area contributed by atoms with E-state index in [-0.39, 0.29) is 18.0 Å². The van der Waals surface area contributed by atoms with Crippen molar-refractivity contribution in [3.05, 3.63) is 47.2 Å². The highest BCUT2D eigenvalue weighted by atomic mass is 35.5. The van der Waals surface area contributed by atoms with E-state index in [1.54, 1.807) is 44.3 Å². The van der Waals surface area contributed by atoms with Crippen LogP contribution in [0.5, 0.6) is 5.75 Å². The molecular formula is C19H18ClF2N3O2. The molecule has 0 amide bonds. The number of aromatic nitrogens is 1. The van der Waals surface area contributed by atoms with Crippen LogP contribution in [-0.4, -0.2) is 29.1 Å². The Morgan fingerprint density at radius 2 is 1.93 bits per heavy atom. The quantitative estimate of drug-likeness (QED) is 0.790. The van der Waals surface area contributed by atoms with Crippen LogP contribution in [0.4, 0.5) is 8.78 Å². The van der Waals surface area contributed by atoms with Crippen molar-refractivity contribution in [1.82, 2.24) is 4.98 Å². The minimum absolute atomic E-state index is 0.0404. The minimum Gasteiger partial charge on any atom is -0.487 e. The number of fused-ring (bicyclic) bond motifs is 2. The third-order valence-corrected chi connectivity index (χ3v) is 5.05. The normalized spacial score (nSPS) is 25.1. The summed E-state index contributed by atoms with van der Waals surface area (Å²) in [4.78, 5) is 8.18. The van der Waals surface area contributed by atoms with Crippen LogP contribution >= 0.6 is 11.6 Å². The first-order chi connectivity index (χ1) is 12.6. The topological polar surface area (TPSA) is 69.7 Å². The van der Waals surface area contributed by atoms with Crippen LogP contribution < -0.4 is 10.5 Å². The van der Waals surface area contributed by atoms with E-state index in [2.05, 4.69) is 9.98 Å². The minimum atomic E-state index is -3.25. The highest BCUT2D eigenvalue weighted by Gasteiger charge is 2.63. The number of ether oxygens (including phenoxy) is 2. The van der Waals surface area contributed by atoms with Crippen molar-refractivity contribution in [2.75, 3.05) is 6.61 Å². The number of rotatable bonds is 1. The molecule has 4 rings (SSSR count). The molecule has 0 radical (unpaired) electrons. The highest BCUT2D eigenvalue weighted by molar-refractivity contribution is 6.30. The molecule has 1 aromatic carbocycles. The van der Waals surface area contributed by atoms with Crippen LogP contribution in [0.15, 0.2) is 41.7 Å². The van der Waals surface area contributed by atoms with Gasteiger partial charge in [-0.15, -0.1) is 0 Å². The largest absolute Gasteiger partial charge is 0.487 e. The molecule has 8 heteroatoms. The molecule has 1 aromatic heterocycles. The van der Waals surface area contributed by atoms with E-state index in [4.69, 9.17) is 26.8 Å². The molecule has 5 nitrogen and oxygen atoms in total. The Morgan fingerprint density at radius 1 is 1.15 bits per heavy atom. The molecule has 0 saturated carbocycles. The SMILES string of the molecule is CC1(C)C[C@@]2(N=C(N)OCC2(F)F)c2cc(-c3cncc(Cl)c3)ccc2O1. The summed E-state index contributed by atoms with van der Waals surface area (Å²) < 4.78 is 41.1. The van der Waals surface area contributed by atoms with Crippen molar-refractivity contribution in [2.45, 2.75) is 37.3 Å². The molecule has 0 aliphatic carbocycles. The summed E-state index contributed by atoms with van der Waals surface area (Å²) in [6.45, 7) is 2.67. The lowest BCUT2D eigenvalue weighted by atomic mass is 9.73. The lowest BCUT2D eigenvalue weighted by molar-refractivity contribution is -0.148. The molecule has 0 unspecified atom stereocenters. The van der Waals surface area contributed by atoms with Crippen molar-refractivity contribution in [3.8, 4) is 16.9 Å². The van der Waals surface area contributed by atoms with Crippen LogP contribution in [0, 0.1) is 0 Å². The first kappa shape index (κ1) is 18.0. The zero-order valence-electron chi connectivity index (χ0n) is 14.8. The van der Waals surface area contributed by atoms with Crippen LogP contribution in [0.1, 0.15) is 25.8 Å². The molecule has 142 valence electrons. The van der Waals surface area contributed by atoms with Gasteiger partial charge in [0.15, 0.2) is 12.1 Å². The predicted octanol–water partition coefficient (Wildman–Crippen LogP) is 4.14. The second kappa shape index (κ2) is 5.79. The number of benzene rings is 1. The molecule has 2 aliphatic rings. The molecule has 0 fully saturated rings. The summed E-state index contributed by atoms with van der Waals surface area (Å²) in [6.07, 6.45) is 3.09. The maximum atomic E-state index is 15.2. The molecule has 1 spiro atoms. The van der Waals surface area contributed by atoms with Crippen LogP contribution in [-0.2, 0) is 10.3 Å². The Labute approximate surface area is 160 Å². The molecule has 27 heavy (non-hydrogen) atoms. The number of aliphatic imine (C=N–C) groups is 1. The van der Waals surface area contributed by atoms with Gasteiger partial charge >= 0.3 is 5.92 Å². The Morgan fingerprint density at radius 3 is 2.67 bits per heavy atom. The molecule has 0 saturated heterocycles. The zero-order chi connectivity index (χ0) is 19.4. The average molecular weight is 394 g/mol. The number of nitrogens with zero attached hydrogens (tertiary/aromatic N) is 2.